The van der Waals surface area contributed by atoms with Gasteiger partial charge in [-0.05, 0) is 99.9 Å². The zero-order valence-electron chi connectivity index (χ0n) is 43.3. The van der Waals surface area contributed by atoms with Gasteiger partial charge in [-0.15, -0.1) is 5.10 Å². The zero-order chi connectivity index (χ0) is 50.7. The van der Waals surface area contributed by atoms with E-state index in [4.69, 9.17) is 37.9 Å². The molecule has 2 N–H and O–H groups in total. The average Bonchev–Trinajstić information content (AvgIpc) is 3.90. The number of carbonyl (C=O) groups is 3. The lowest BCUT2D eigenvalue weighted by Crippen LogP contribution is -2.61. The van der Waals surface area contributed by atoms with E-state index in [2.05, 4.69) is 15.3 Å². The summed E-state index contributed by atoms with van der Waals surface area (Å²) in [5.74, 6) is -3.96. The number of rotatable bonds is 14. The number of Topliss-reactive ketones (excluding diaryl/α,β-unsaturated/α-hetero) is 1. The Balaban J connectivity index is 1.36. The van der Waals surface area contributed by atoms with Crippen LogP contribution >= 0.6 is 0 Å². The molecule has 7 unspecified atom stereocenters. The number of fused-ring (bicyclic) bond motifs is 1. The number of cyclic esters (lactones) is 1. The van der Waals surface area contributed by atoms with Gasteiger partial charge in [-0.25, -0.2) is 4.79 Å². The molecule has 388 valence electrons. The van der Waals surface area contributed by atoms with Gasteiger partial charge in [0.05, 0.1) is 59.5 Å². The number of nitrogens with zero attached hydrogens (tertiary/aromatic N) is 6. The van der Waals surface area contributed by atoms with Crippen molar-refractivity contribution in [2.24, 2.45) is 23.7 Å². The predicted molar refractivity (Wildman–Crippen MR) is 252 cm³/mol. The molecule has 6 rings (SSSR count). The molecule has 4 aliphatic rings. The number of amides is 1. The van der Waals surface area contributed by atoms with E-state index >= 15 is 4.79 Å². The molecule has 4 aliphatic heterocycles. The van der Waals surface area contributed by atoms with Crippen LogP contribution in [-0.4, -0.2) is 177 Å². The lowest BCUT2D eigenvalue weighted by Gasteiger charge is -2.50. The Bertz CT molecular complexity index is 2030. The maximum absolute atomic E-state index is 15.1. The van der Waals surface area contributed by atoms with Crippen molar-refractivity contribution in [1.82, 2.24) is 29.8 Å². The van der Waals surface area contributed by atoms with Crippen molar-refractivity contribution in [3.05, 3.63) is 30.6 Å². The molecule has 19 nitrogen and oxygen atoms in total. The highest BCUT2D eigenvalue weighted by atomic mass is 16.7. The summed E-state index contributed by atoms with van der Waals surface area (Å²) in [6, 6.07) is 4.47. The number of aromatic nitrogens is 4. The predicted octanol–water partition coefficient (Wildman–Crippen LogP) is 5.04. The minimum atomic E-state index is -1.44. The van der Waals surface area contributed by atoms with Gasteiger partial charge in [0.2, 0.25) is 0 Å². The summed E-state index contributed by atoms with van der Waals surface area (Å²) in [4.78, 5) is 52.1. The molecule has 6 heterocycles. The Morgan fingerprint density at radius 1 is 0.884 bits per heavy atom. The highest BCUT2D eigenvalue weighted by Gasteiger charge is 2.61. The molecular formula is C50H80N6O13. The number of carbonyl (C=O) groups excluding carboxylic acids is 3. The molecule has 19 heteroatoms. The molecule has 0 bridgehead atoms. The quantitative estimate of drug-likeness (QED) is 0.187. The molecule has 4 saturated heterocycles. The smallest absolute Gasteiger partial charge is 0.410 e. The van der Waals surface area contributed by atoms with Gasteiger partial charge in [-0.1, -0.05) is 39.0 Å². The van der Waals surface area contributed by atoms with Crippen molar-refractivity contribution < 1.29 is 62.5 Å². The van der Waals surface area contributed by atoms with Gasteiger partial charge in [-0.2, -0.15) is 0 Å². The van der Waals surface area contributed by atoms with E-state index in [-0.39, 0.29) is 43.7 Å². The summed E-state index contributed by atoms with van der Waals surface area (Å²) >= 11 is 0. The molecule has 2 aromatic heterocycles. The second-order valence-electron chi connectivity index (χ2n) is 20.9. The van der Waals surface area contributed by atoms with Crippen molar-refractivity contribution in [2.45, 2.75) is 199 Å². The molecule has 0 saturated carbocycles. The zero-order valence-corrected chi connectivity index (χ0v) is 43.3. The lowest BCUT2D eigenvalue weighted by atomic mass is 9.73. The Hall–Kier alpha value is -3.66. The third kappa shape index (κ3) is 11.5. The third-order valence-corrected chi connectivity index (χ3v) is 15.6. The normalized spacial score (nSPS) is 40.6. The van der Waals surface area contributed by atoms with Crippen LogP contribution in [0.4, 0.5) is 4.79 Å². The number of ether oxygens (including phenoxy) is 8. The van der Waals surface area contributed by atoms with Crippen LogP contribution in [0.25, 0.3) is 11.4 Å². The number of aliphatic hydroxyl groups is 2. The van der Waals surface area contributed by atoms with E-state index in [1.165, 1.54) is 7.11 Å². The van der Waals surface area contributed by atoms with Gasteiger partial charge in [0.15, 0.2) is 18.2 Å². The summed E-state index contributed by atoms with van der Waals surface area (Å²) in [6.07, 6.45) is -2.87. The first-order chi connectivity index (χ1) is 32.5. The number of esters is 1. The average molecular weight is 973 g/mol. The minimum Gasteiger partial charge on any atom is -0.458 e. The van der Waals surface area contributed by atoms with Crippen LogP contribution in [0.3, 0.4) is 0 Å². The van der Waals surface area contributed by atoms with Crippen molar-refractivity contribution >= 4 is 17.8 Å². The van der Waals surface area contributed by atoms with E-state index in [1.807, 2.05) is 84.9 Å². The number of ketones is 1. The van der Waals surface area contributed by atoms with Crippen LogP contribution in [0.2, 0.25) is 0 Å². The Labute approximate surface area is 408 Å². The highest BCUT2D eigenvalue weighted by Crippen LogP contribution is 2.45. The number of likely N-dealkylation sites (N-methyl/N-ethyl adjacent to an activating group) is 1. The number of aliphatic hydroxyl groups excluding tert-OH is 2. The van der Waals surface area contributed by atoms with Crippen molar-refractivity contribution in [2.75, 3.05) is 34.9 Å². The van der Waals surface area contributed by atoms with E-state index in [9.17, 15) is 19.8 Å². The fourth-order valence-electron chi connectivity index (χ4n) is 11.5. The van der Waals surface area contributed by atoms with E-state index in [1.54, 1.807) is 50.6 Å². The number of hydrogen-bond acceptors (Lipinski definition) is 17. The fraction of sp³-hybridized carbons (Fsp3) is 0.800. The monoisotopic (exact) mass is 973 g/mol. The van der Waals surface area contributed by atoms with E-state index in [0.717, 1.165) is 0 Å². The van der Waals surface area contributed by atoms with Gasteiger partial charge >= 0.3 is 12.1 Å². The Morgan fingerprint density at radius 3 is 2.22 bits per heavy atom. The molecule has 0 aliphatic carbocycles. The van der Waals surface area contributed by atoms with Crippen molar-refractivity contribution in [1.29, 1.82) is 0 Å². The van der Waals surface area contributed by atoms with Crippen LogP contribution < -0.4 is 0 Å². The molecule has 0 spiro atoms. The fourth-order valence-corrected chi connectivity index (χ4v) is 11.5. The number of methoxy groups -OCH3 is 2. The van der Waals surface area contributed by atoms with Crippen LogP contribution in [0.1, 0.15) is 108 Å². The number of unbranched alkanes of at least 4 members (excludes halogenated alkanes) is 1. The lowest BCUT2D eigenvalue weighted by molar-refractivity contribution is -0.319. The van der Waals surface area contributed by atoms with Crippen LogP contribution in [0, 0.1) is 23.7 Å². The third-order valence-electron chi connectivity index (χ3n) is 15.6. The highest BCUT2D eigenvalue weighted by molar-refractivity contribution is 5.85. The standard InChI is InChI=1S/C50H80N6O13/c1-15-37-50(10)42(56(47(61)69-50)23-19-18-22-55-27-35(52-53-55)34-20-16-17-21-51-34)30(4)39(57)28(2)25-49(9,63-14)44(68-46-40(58)36(54(11)12)24-29(3)64-46)31(5)41(32(6)45(60)66-37)67-38-26-48(8,62-13)43(59)33(7)65-38/h16-17,20-21,27-33,36-38,40-44,46,58-59H,15,18-19,22-26H2,1-14H3/t28-,29?,30+,31+,32-,33?,36?,37-,38?,40?,41?,42-,43+,44-,46?,48-,49+,50-/m1/s1. The van der Waals surface area contributed by atoms with Crippen molar-refractivity contribution in [3.8, 4) is 11.4 Å². The second kappa shape index (κ2) is 22.4. The summed E-state index contributed by atoms with van der Waals surface area (Å²) in [5, 5.41) is 31.5. The SMILES string of the molecule is CC[C@H]1OC(=O)[C@H](C)C(OC2C[C@@](C)(OC)[C@@H](O)C(C)O2)[C@H](C)[C@@H](OC2OC(C)CC(N(C)C)C2O)[C@@](C)(OC)C[C@@H](C)C(=O)[C@H](C)[C@H]2N(CCCCn3cc(-c4ccccn4)nn3)C(=O)O[C@]12C. The summed E-state index contributed by atoms with van der Waals surface area (Å²) < 4.78 is 53.4. The summed E-state index contributed by atoms with van der Waals surface area (Å²) in [6.45, 7) is 18.9. The first-order valence-electron chi connectivity index (χ1n) is 24.8. The molecule has 1 amide bonds. The van der Waals surface area contributed by atoms with Gasteiger partial charge in [0.1, 0.15) is 29.8 Å². The molecule has 0 radical (unpaired) electrons. The number of aryl methyl sites for hydroxylation is 1. The van der Waals surface area contributed by atoms with Crippen LogP contribution in [0.15, 0.2) is 30.6 Å². The summed E-state index contributed by atoms with van der Waals surface area (Å²) in [5.41, 5.74) is -2.39. The van der Waals surface area contributed by atoms with Gasteiger partial charge in [0, 0.05) is 63.7 Å². The second-order valence-corrected chi connectivity index (χ2v) is 20.9. The number of pyridine rings is 1. The largest absolute Gasteiger partial charge is 0.458 e. The first kappa shape index (κ1) is 54.7. The molecular weight excluding hydrogens is 893 g/mol. The molecule has 4 fully saturated rings. The van der Waals surface area contributed by atoms with Crippen LogP contribution in [0.5, 0.6) is 0 Å². The maximum atomic E-state index is 15.1. The molecule has 69 heavy (non-hydrogen) atoms. The van der Waals surface area contributed by atoms with Gasteiger partial charge in [0.25, 0.3) is 0 Å². The topological polar surface area (TPSA) is 216 Å². The first-order valence-corrected chi connectivity index (χ1v) is 24.8. The van der Waals surface area contributed by atoms with E-state index < -0.39 is 108 Å². The molecule has 2 aromatic rings. The molecule has 18 atom stereocenters. The maximum Gasteiger partial charge on any atom is 0.410 e. The van der Waals surface area contributed by atoms with E-state index in [0.29, 0.717) is 37.2 Å². The Kier molecular flexibility index (Phi) is 17.8. The summed E-state index contributed by atoms with van der Waals surface area (Å²) in [7, 11) is 6.86. The Morgan fingerprint density at radius 2 is 1.58 bits per heavy atom. The molecule has 0 aromatic carbocycles. The van der Waals surface area contributed by atoms with Crippen molar-refractivity contribution in [3.63, 3.8) is 0 Å². The minimum absolute atomic E-state index is 0.122. The van der Waals surface area contributed by atoms with Crippen LogP contribution in [-0.2, 0) is 54.0 Å². The van der Waals surface area contributed by atoms with Gasteiger partial charge in [-0.3, -0.25) is 19.3 Å². The number of hydrogen-bond donors (Lipinski definition) is 2. The van der Waals surface area contributed by atoms with Gasteiger partial charge < -0.3 is 57.9 Å².